The van der Waals surface area contributed by atoms with Crippen LogP contribution in [0.2, 0.25) is 5.02 Å². The molecule has 2 aromatic rings. The summed E-state index contributed by atoms with van der Waals surface area (Å²) in [5.41, 5.74) is 2.89. The van der Waals surface area contributed by atoms with E-state index >= 15 is 0 Å². The Bertz CT molecular complexity index is 516. The third-order valence-corrected chi connectivity index (χ3v) is 3.00. The maximum atomic E-state index is 10.0. The zero-order valence-electron chi connectivity index (χ0n) is 10.1. The highest BCUT2D eigenvalue weighted by Gasteiger charge is 2.07. The van der Waals surface area contributed by atoms with Gasteiger partial charge in [-0.15, -0.1) is 0 Å². The van der Waals surface area contributed by atoms with E-state index < -0.39 is 6.10 Å². The fourth-order valence-electron chi connectivity index (χ4n) is 1.74. The molecule has 0 spiro atoms. The SMILES string of the molecule is Cc1cc(Cl)ccc1NCC(O)c1ccncc1. The van der Waals surface area contributed by atoms with Crippen molar-refractivity contribution >= 4 is 17.3 Å². The number of nitrogens with zero attached hydrogens (tertiary/aromatic N) is 1. The number of pyridine rings is 1. The van der Waals surface area contributed by atoms with Gasteiger partial charge < -0.3 is 10.4 Å². The van der Waals surface area contributed by atoms with Crippen LogP contribution in [0.5, 0.6) is 0 Å². The fraction of sp³-hybridized carbons (Fsp3) is 0.214. The summed E-state index contributed by atoms with van der Waals surface area (Å²) in [6.45, 7) is 2.43. The lowest BCUT2D eigenvalue weighted by Gasteiger charge is -2.14. The summed E-state index contributed by atoms with van der Waals surface area (Å²) in [5, 5.41) is 13.9. The van der Waals surface area contributed by atoms with Crippen molar-refractivity contribution in [3.05, 3.63) is 58.9 Å². The highest BCUT2D eigenvalue weighted by Crippen LogP contribution is 2.20. The minimum absolute atomic E-state index is 0.451. The van der Waals surface area contributed by atoms with Gasteiger partial charge in [-0.25, -0.2) is 0 Å². The molecule has 0 aliphatic heterocycles. The van der Waals surface area contributed by atoms with Gasteiger partial charge in [-0.05, 0) is 48.4 Å². The monoisotopic (exact) mass is 262 g/mol. The first kappa shape index (κ1) is 12.9. The largest absolute Gasteiger partial charge is 0.387 e. The Labute approximate surface area is 111 Å². The smallest absolute Gasteiger partial charge is 0.0963 e. The summed E-state index contributed by atoms with van der Waals surface area (Å²) in [4.78, 5) is 3.92. The van der Waals surface area contributed by atoms with Gasteiger partial charge >= 0.3 is 0 Å². The molecule has 1 aromatic carbocycles. The lowest BCUT2D eigenvalue weighted by molar-refractivity contribution is 0.191. The molecule has 2 rings (SSSR count). The highest BCUT2D eigenvalue weighted by atomic mass is 35.5. The Morgan fingerprint density at radius 1 is 1.28 bits per heavy atom. The zero-order valence-corrected chi connectivity index (χ0v) is 10.9. The first-order valence-electron chi connectivity index (χ1n) is 5.75. The van der Waals surface area contributed by atoms with Crippen LogP contribution in [0.4, 0.5) is 5.69 Å². The van der Waals surface area contributed by atoms with Crippen LogP contribution in [0.25, 0.3) is 0 Å². The zero-order chi connectivity index (χ0) is 13.0. The number of aliphatic hydroxyl groups excluding tert-OH is 1. The number of aryl methyl sites for hydroxylation is 1. The van der Waals surface area contributed by atoms with Gasteiger partial charge in [0.2, 0.25) is 0 Å². The minimum Gasteiger partial charge on any atom is -0.387 e. The van der Waals surface area contributed by atoms with Gasteiger partial charge in [0.15, 0.2) is 0 Å². The van der Waals surface area contributed by atoms with Crippen molar-refractivity contribution in [1.82, 2.24) is 4.98 Å². The molecule has 0 saturated carbocycles. The van der Waals surface area contributed by atoms with Crippen molar-refractivity contribution in [3.63, 3.8) is 0 Å². The van der Waals surface area contributed by atoms with Crippen LogP contribution in [0, 0.1) is 6.92 Å². The van der Waals surface area contributed by atoms with Crippen molar-refractivity contribution < 1.29 is 5.11 Å². The number of anilines is 1. The van der Waals surface area contributed by atoms with E-state index in [1.54, 1.807) is 24.5 Å². The second kappa shape index (κ2) is 5.85. The van der Waals surface area contributed by atoms with Gasteiger partial charge in [0.25, 0.3) is 0 Å². The minimum atomic E-state index is -0.553. The van der Waals surface area contributed by atoms with E-state index in [4.69, 9.17) is 11.6 Å². The van der Waals surface area contributed by atoms with Crippen molar-refractivity contribution in [2.45, 2.75) is 13.0 Å². The Morgan fingerprint density at radius 2 is 2.00 bits per heavy atom. The quantitative estimate of drug-likeness (QED) is 0.890. The Hall–Kier alpha value is -1.58. The van der Waals surface area contributed by atoms with Crippen molar-refractivity contribution in [1.29, 1.82) is 0 Å². The van der Waals surface area contributed by atoms with Gasteiger partial charge in [0, 0.05) is 29.6 Å². The van der Waals surface area contributed by atoms with E-state index in [2.05, 4.69) is 10.3 Å². The second-order valence-corrected chi connectivity index (χ2v) is 4.57. The van der Waals surface area contributed by atoms with Crippen molar-refractivity contribution in [3.8, 4) is 0 Å². The van der Waals surface area contributed by atoms with E-state index in [0.717, 1.165) is 16.8 Å². The summed E-state index contributed by atoms with van der Waals surface area (Å²) in [7, 11) is 0. The van der Waals surface area contributed by atoms with Gasteiger partial charge in [-0.3, -0.25) is 4.98 Å². The number of hydrogen-bond acceptors (Lipinski definition) is 3. The third kappa shape index (κ3) is 3.22. The van der Waals surface area contributed by atoms with Gasteiger partial charge in [0.1, 0.15) is 0 Å². The van der Waals surface area contributed by atoms with Crippen LogP contribution in [0.3, 0.4) is 0 Å². The summed E-state index contributed by atoms with van der Waals surface area (Å²) in [5.74, 6) is 0. The van der Waals surface area contributed by atoms with E-state index in [-0.39, 0.29) is 0 Å². The van der Waals surface area contributed by atoms with Crippen molar-refractivity contribution in [2.75, 3.05) is 11.9 Å². The average molecular weight is 263 g/mol. The maximum absolute atomic E-state index is 10.0. The lowest BCUT2D eigenvalue weighted by Crippen LogP contribution is -2.12. The van der Waals surface area contributed by atoms with Gasteiger partial charge in [0.05, 0.1) is 6.10 Å². The first-order chi connectivity index (χ1) is 8.66. The summed E-state index contributed by atoms with van der Waals surface area (Å²) in [6, 6.07) is 9.25. The number of benzene rings is 1. The Morgan fingerprint density at radius 3 is 2.67 bits per heavy atom. The molecule has 4 heteroatoms. The summed E-state index contributed by atoms with van der Waals surface area (Å²) >= 11 is 5.89. The summed E-state index contributed by atoms with van der Waals surface area (Å²) in [6.07, 6.45) is 2.79. The number of aromatic nitrogens is 1. The molecule has 0 fully saturated rings. The van der Waals surface area contributed by atoms with Crippen LogP contribution in [-0.2, 0) is 0 Å². The molecule has 1 unspecified atom stereocenters. The fourth-order valence-corrected chi connectivity index (χ4v) is 1.96. The van der Waals surface area contributed by atoms with Crippen LogP contribution in [0.15, 0.2) is 42.7 Å². The molecule has 18 heavy (non-hydrogen) atoms. The first-order valence-corrected chi connectivity index (χ1v) is 6.12. The number of rotatable bonds is 4. The second-order valence-electron chi connectivity index (χ2n) is 4.14. The molecule has 1 aromatic heterocycles. The summed E-state index contributed by atoms with van der Waals surface area (Å²) < 4.78 is 0. The Balaban J connectivity index is 1.99. The molecule has 94 valence electrons. The molecule has 0 aliphatic rings. The maximum Gasteiger partial charge on any atom is 0.0963 e. The van der Waals surface area contributed by atoms with Gasteiger partial charge in [-0.2, -0.15) is 0 Å². The van der Waals surface area contributed by atoms with Crippen LogP contribution in [-0.4, -0.2) is 16.6 Å². The molecule has 0 saturated heterocycles. The highest BCUT2D eigenvalue weighted by molar-refractivity contribution is 6.30. The molecule has 2 N–H and O–H groups in total. The number of halogens is 1. The number of hydrogen-bond donors (Lipinski definition) is 2. The molecule has 0 aliphatic carbocycles. The molecule has 0 amide bonds. The van der Waals surface area contributed by atoms with Gasteiger partial charge in [-0.1, -0.05) is 11.6 Å². The van der Waals surface area contributed by atoms with E-state index in [1.807, 2.05) is 25.1 Å². The third-order valence-electron chi connectivity index (χ3n) is 2.77. The predicted octanol–water partition coefficient (Wildman–Crippen LogP) is 3.19. The van der Waals surface area contributed by atoms with E-state index in [0.29, 0.717) is 11.6 Å². The molecule has 1 atom stereocenters. The number of aliphatic hydroxyl groups is 1. The van der Waals surface area contributed by atoms with Crippen LogP contribution < -0.4 is 5.32 Å². The standard InChI is InChI=1S/C14H15ClN2O/c1-10-8-12(15)2-3-13(10)17-9-14(18)11-4-6-16-7-5-11/h2-8,14,17-18H,9H2,1H3. The van der Waals surface area contributed by atoms with Crippen LogP contribution >= 0.6 is 11.6 Å². The topological polar surface area (TPSA) is 45.1 Å². The predicted molar refractivity (Wildman–Crippen MR) is 73.9 cm³/mol. The molecular formula is C14H15ClN2O. The molecular weight excluding hydrogens is 248 g/mol. The van der Waals surface area contributed by atoms with E-state index in [1.165, 1.54) is 0 Å². The lowest BCUT2D eigenvalue weighted by atomic mass is 10.1. The Kier molecular flexibility index (Phi) is 4.18. The van der Waals surface area contributed by atoms with E-state index in [9.17, 15) is 5.11 Å². The normalized spacial score (nSPS) is 12.2. The van der Waals surface area contributed by atoms with Crippen molar-refractivity contribution in [2.24, 2.45) is 0 Å². The molecule has 3 nitrogen and oxygen atoms in total. The number of nitrogens with one attached hydrogen (secondary N) is 1. The van der Waals surface area contributed by atoms with Crippen LogP contribution in [0.1, 0.15) is 17.2 Å². The molecule has 1 heterocycles. The molecule has 0 radical (unpaired) electrons. The average Bonchev–Trinajstić information content (AvgIpc) is 2.38. The molecule has 0 bridgehead atoms.